The van der Waals surface area contributed by atoms with Crippen molar-refractivity contribution in [2.24, 2.45) is 0 Å². The number of fused-ring (bicyclic) bond motifs is 1. The highest BCUT2D eigenvalue weighted by Gasteiger charge is 2.17. The van der Waals surface area contributed by atoms with Gasteiger partial charge in [-0.05, 0) is 61.0 Å². The Bertz CT molecular complexity index is 1020. The van der Waals surface area contributed by atoms with E-state index in [1.807, 2.05) is 63.2 Å². The van der Waals surface area contributed by atoms with Gasteiger partial charge in [0.25, 0.3) is 5.56 Å². The van der Waals surface area contributed by atoms with Crippen LogP contribution in [-0.2, 0) is 11.3 Å². The van der Waals surface area contributed by atoms with Crippen LogP contribution in [0.3, 0.4) is 0 Å². The third-order valence-electron chi connectivity index (χ3n) is 4.65. The van der Waals surface area contributed by atoms with E-state index in [4.69, 9.17) is 0 Å². The second-order valence-electron chi connectivity index (χ2n) is 6.54. The number of nitrogens with zero attached hydrogens (tertiary/aromatic N) is 1. The van der Waals surface area contributed by atoms with Gasteiger partial charge in [0.2, 0.25) is 5.91 Å². The average molecular weight is 334 g/mol. The summed E-state index contributed by atoms with van der Waals surface area (Å²) in [5, 5.41) is 0.963. The number of benzene rings is 2. The van der Waals surface area contributed by atoms with Crippen LogP contribution in [0.5, 0.6) is 0 Å². The molecule has 0 aliphatic rings. The van der Waals surface area contributed by atoms with Crippen LogP contribution in [0.15, 0.2) is 47.3 Å². The fraction of sp³-hybridized carbons (Fsp3) is 0.238. The molecule has 1 aromatic heterocycles. The first kappa shape index (κ1) is 17.0. The van der Waals surface area contributed by atoms with Gasteiger partial charge in [0.1, 0.15) is 0 Å². The molecule has 4 nitrogen and oxygen atoms in total. The lowest BCUT2D eigenvalue weighted by Crippen LogP contribution is -2.31. The number of aryl methyl sites for hydroxylation is 2. The van der Waals surface area contributed by atoms with Gasteiger partial charge in [0.05, 0.1) is 6.54 Å². The summed E-state index contributed by atoms with van der Waals surface area (Å²) in [5.74, 6) is -0.0860. The standard InChI is InChI=1S/C21H22N2O2/c1-13-8-9-17-11-18(21(25)22-19(17)10-13)12-23(16(4)24)20-7-5-6-14(2)15(20)3/h5-11H,12H2,1-4H3,(H,22,25). The fourth-order valence-electron chi connectivity index (χ4n) is 3.04. The maximum Gasteiger partial charge on any atom is 0.253 e. The van der Waals surface area contributed by atoms with Gasteiger partial charge in [-0.3, -0.25) is 9.59 Å². The number of pyridine rings is 1. The molecule has 4 heteroatoms. The number of aromatic nitrogens is 1. The van der Waals surface area contributed by atoms with Crippen LogP contribution < -0.4 is 10.5 Å². The van der Waals surface area contributed by atoms with Gasteiger partial charge in [-0.15, -0.1) is 0 Å². The van der Waals surface area contributed by atoms with Crippen molar-refractivity contribution < 1.29 is 4.79 Å². The normalized spacial score (nSPS) is 10.9. The van der Waals surface area contributed by atoms with E-state index >= 15 is 0 Å². The number of nitrogens with one attached hydrogen (secondary N) is 1. The summed E-state index contributed by atoms with van der Waals surface area (Å²) in [6, 6.07) is 13.7. The number of amides is 1. The predicted molar refractivity (Wildman–Crippen MR) is 102 cm³/mol. The van der Waals surface area contributed by atoms with Crippen molar-refractivity contribution in [2.75, 3.05) is 4.90 Å². The van der Waals surface area contributed by atoms with Crippen LogP contribution in [-0.4, -0.2) is 10.9 Å². The molecule has 3 aromatic rings. The van der Waals surface area contributed by atoms with Crippen molar-refractivity contribution in [3.8, 4) is 0 Å². The molecule has 3 rings (SSSR count). The van der Waals surface area contributed by atoms with E-state index in [-0.39, 0.29) is 18.0 Å². The van der Waals surface area contributed by atoms with E-state index in [0.29, 0.717) is 5.56 Å². The number of H-pyrrole nitrogens is 1. The molecule has 0 bridgehead atoms. The number of carbonyl (C=O) groups excluding carboxylic acids is 1. The first-order chi connectivity index (χ1) is 11.9. The highest BCUT2D eigenvalue weighted by molar-refractivity contribution is 5.92. The van der Waals surface area contributed by atoms with Crippen molar-refractivity contribution in [3.05, 3.63) is 75.1 Å². The molecule has 2 aromatic carbocycles. The molecule has 128 valence electrons. The Morgan fingerprint density at radius 1 is 1.08 bits per heavy atom. The largest absolute Gasteiger partial charge is 0.322 e. The lowest BCUT2D eigenvalue weighted by atomic mass is 10.1. The zero-order valence-electron chi connectivity index (χ0n) is 15.0. The van der Waals surface area contributed by atoms with E-state index in [0.717, 1.165) is 33.3 Å². The van der Waals surface area contributed by atoms with E-state index in [9.17, 15) is 9.59 Å². The van der Waals surface area contributed by atoms with Gasteiger partial charge in [-0.2, -0.15) is 0 Å². The highest BCUT2D eigenvalue weighted by atomic mass is 16.2. The third-order valence-corrected chi connectivity index (χ3v) is 4.65. The quantitative estimate of drug-likeness (QED) is 0.787. The average Bonchev–Trinajstić information content (AvgIpc) is 2.55. The molecule has 0 aliphatic carbocycles. The fourth-order valence-corrected chi connectivity index (χ4v) is 3.04. The molecule has 25 heavy (non-hydrogen) atoms. The van der Waals surface area contributed by atoms with Crippen molar-refractivity contribution in [1.29, 1.82) is 0 Å². The summed E-state index contributed by atoms with van der Waals surface area (Å²) < 4.78 is 0. The van der Waals surface area contributed by atoms with Gasteiger partial charge < -0.3 is 9.88 Å². The zero-order valence-corrected chi connectivity index (χ0v) is 15.0. The SMILES string of the molecule is CC(=O)N(Cc1cc2ccc(C)cc2[nH]c1=O)c1cccc(C)c1C. The van der Waals surface area contributed by atoms with Crippen LogP contribution in [0.25, 0.3) is 10.9 Å². The number of hydrogen-bond donors (Lipinski definition) is 1. The lowest BCUT2D eigenvalue weighted by molar-refractivity contribution is -0.116. The van der Waals surface area contributed by atoms with E-state index in [1.54, 1.807) is 4.90 Å². The van der Waals surface area contributed by atoms with Gasteiger partial charge in [0.15, 0.2) is 0 Å². The molecule has 0 atom stereocenters. The number of hydrogen-bond acceptors (Lipinski definition) is 2. The smallest absolute Gasteiger partial charge is 0.253 e. The van der Waals surface area contributed by atoms with Crippen LogP contribution in [0.4, 0.5) is 5.69 Å². The first-order valence-corrected chi connectivity index (χ1v) is 8.33. The second-order valence-corrected chi connectivity index (χ2v) is 6.54. The lowest BCUT2D eigenvalue weighted by Gasteiger charge is -2.24. The summed E-state index contributed by atoms with van der Waals surface area (Å²) >= 11 is 0. The Balaban J connectivity index is 2.06. The van der Waals surface area contributed by atoms with Crippen LogP contribution in [0.2, 0.25) is 0 Å². The summed E-state index contributed by atoms with van der Waals surface area (Å²) in [5.41, 5.74) is 5.33. The van der Waals surface area contributed by atoms with Crippen LogP contribution >= 0.6 is 0 Å². The molecular formula is C21H22N2O2. The van der Waals surface area contributed by atoms with Crippen molar-refractivity contribution >= 4 is 22.5 Å². The molecule has 0 aliphatic heterocycles. The molecule has 0 spiro atoms. The Morgan fingerprint density at radius 3 is 2.56 bits per heavy atom. The number of carbonyl (C=O) groups is 1. The maximum absolute atomic E-state index is 12.5. The molecule has 0 radical (unpaired) electrons. The molecule has 0 saturated carbocycles. The van der Waals surface area contributed by atoms with Gasteiger partial charge in [-0.1, -0.05) is 24.3 Å². The zero-order chi connectivity index (χ0) is 18.1. The van der Waals surface area contributed by atoms with E-state index in [2.05, 4.69) is 4.98 Å². The summed E-state index contributed by atoms with van der Waals surface area (Å²) in [6.07, 6.45) is 0. The van der Waals surface area contributed by atoms with Gasteiger partial charge >= 0.3 is 0 Å². The molecule has 0 fully saturated rings. The van der Waals surface area contributed by atoms with Gasteiger partial charge in [-0.25, -0.2) is 0 Å². The number of aromatic amines is 1. The summed E-state index contributed by atoms with van der Waals surface area (Å²) in [7, 11) is 0. The molecule has 0 saturated heterocycles. The molecule has 1 amide bonds. The minimum Gasteiger partial charge on any atom is -0.322 e. The third kappa shape index (κ3) is 3.33. The van der Waals surface area contributed by atoms with Crippen LogP contribution in [0, 0.1) is 20.8 Å². The van der Waals surface area contributed by atoms with Crippen molar-refractivity contribution in [2.45, 2.75) is 34.2 Å². The van der Waals surface area contributed by atoms with Crippen molar-refractivity contribution in [3.63, 3.8) is 0 Å². The van der Waals surface area contributed by atoms with E-state index in [1.165, 1.54) is 6.92 Å². The number of anilines is 1. The van der Waals surface area contributed by atoms with Crippen LogP contribution in [0.1, 0.15) is 29.2 Å². The van der Waals surface area contributed by atoms with Crippen molar-refractivity contribution in [1.82, 2.24) is 4.98 Å². The Labute approximate surface area is 147 Å². The highest BCUT2D eigenvalue weighted by Crippen LogP contribution is 2.24. The Morgan fingerprint density at radius 2 is 1.84 bits per heavy atom. The number of rotatable bonds is 3. The molecule has 0 unspecified atom stereocenters. The summed E-state index contributed by atoms with van der Waals surface area (Å²) in [6.45, 7) is 7.78. The Kier molecular flexibility index (Phi) is 4.45. The monoisotopic (exact) mass is 334 g/mol. The first-order valence-electron chi connectivity index (χ1n) is 8.33. The Hall–Kier alpha value is -2.88. The predicted octanol–water partition coefficient (Wildman–Crippen LogP) is 4.01. The summed E-state index contributed by atoms with van der Waals surface area (Å²) in [4.78, 5) is 29.3. The maximum atomic E-state index is 12.5. The topological polar surface area (TPSA) is 53.2 Å². The van der Waals surface area contributed by atoms with E-state index < -0.39 is 0 Å². The second kappa shape index (κ2) is 6.55. The molecular weight excluding hydrogens is 312 g/mol. The molecule has 1 N–H and O–H groups in total. The minimum absolute atomic E-state index is 0.0860. The molecule has 1 heterocycles. The van der Waals surface area contributed by atoms with Gasteiger partial charge in [0, 0.05) is 23.7 Å². The minimum atomic E-state index is -0.158.